The summed E-state index contributed by atoms with van der Waals surface area (Å²) < 4.78 is 13.2. The first-order valence-corrected chi connectivity index (χ1v) is 9.09. The molecule has 26 heavy (non-hydrogen) atoms. The number of benzene rings is 1. The number of anilines is 1. The SMILES string of the molecule is NC(=O)CCN(C(=O)C1CCN(C(=O)C2CC2)CC1)c1ccc(F)cc1. The smallest absolute Gasteiger partial charge is 0.230 e. The first-order valence-electron chi connectivity index (χ1n) is 9.09. The first-order chi connectivity index (χ1) is 12.5. The number of rotatable bonds is 6. The number of carbonyl (C=O) groups excluding carboxylic acids is 3. The summed E-state index contributed by atoms with van der Waals surface area (Å²) in [6, 6.07) is 5.63. The predicted molar refractivity (Wildman–Crippen MR) is 94.6 cm³/mol. The van der Waals surface area contributed by atoms with Gasteiger partial charge in [-0.25, -0.2) is 4.39 Å². The van der Waals surface area contributed by atoms with Gasteiger partial charge >= 0.3 is 0 Å². The minimum absolute atomic E-state index is 0.0438. The molecule has 0 bridgehead atoms. The lowest BCUT2D eigenvalue weighted by Gasteiger charge is -2.34. The van der Waals surface area contributed by atoms with Gasteiger partial charge in [0.2, 0.25) is 17.7 Å². The minimum atomic E-state index is -0.491. The number of nitrogens with zero attached hydrogens (tertiary/aromatic N) is 2. The summed E-state index contributed by atoms with van der Waals surface area (Å²) in [6.45, 7) is 1.33. The van der Waals surface area contributed by atoms with Crippen molar-refractivity contribution in [2.75, 3.05) is 24.5 Å². The molecule has 1 aromatic carbocycles. The molecule has 6 nitrogen and oxygen atoms in total. The lowest BCUT2D eigenvalue weighted by Crippen LogP contribution is -2.45. The molecular weight excluding hydrogens is 337 g/mol. The van der Waals surface area contributed by atoms with Gasteiger partial charge < -0.3 is 15.5 Å². The highest BCUT2D eigenvalue weighted by molar-refractivity contribution is 5.95. The molecule has 2 fully saturated rings. The van der Waals surface area contributed by atoms with Gasteiger partial charge in [-0.15, -0.1) is 0 Å². The van der Waals surface area contributed by atoms with Crippen molar-refractivity contribution in [1.29, 1.82) is 0 Å². The van der Waals surface area contributed by atoms with Crippen molar-refractivity contribution in [1.82, 2.24) is 4.90 Å². The molecule has 1 aliphatic heterocycles. The minimum Gasteiger partial charge on any atom is -0.370 e. The van der Waals surface area contributed by atoms with E-state index < -0.39 is 5.91 Å². The maximum atomic E-state index is 13.2. The predicted octanol–water partition coefficient (Wildman–Crippen LogP) is 1.68. The Morgan fingerprint density at radius 2 is 1.65 bits per heavy atom. The Hall–Kier alpha value is -2.44. The van der Waals surface area contributed by atoms with Crippen LogP contribution in [0.15, 0.2) is 24.3 Å². The second-order valence-corrected chi connectivity index (χ2v) is 7.06. The zero-order valence-corrected chi connectivity index (χ0v) is 14.7. The fourth-order valence-corrected chi connectivity index (χ4v) is 3.37. The number of primary amides is 1. The van der Waals surface area contributed by atoms with E-state index in [1.54, 1.807) is 0 Å². The van der Waals surface area contributed by atoms with Gasteiger partial charge in [-0.2, -0.15) is 0 Å². The van der Waals surface area contributed by atoms with Gasteiger partial charge in [-0.05, 0) is 49.9 Å². The van der Waals surface area contributed by atoms with E-state index in [4.69, 9.17) is 5.73 Å². The van der Waals surface area contributed by atoms with Crippen molar-refractivity contribution in [3.8, 4) is 0 Å². The van der Waals surface area contributed by atoms with Crippen LogP contribution in [0, 0.1) is 17.7 Å². The molecular formula is C19H24FN3O3. The van der Waals surface area contributed by atoms with Crippen LogP contribution in [-0.2, 0) is 14.4 Å². The van der Waals surface area contributed by atoms with Gasteiger partial charge in [0, 0.05) is 43.6 Å². The standard InChI is InChI=1S/C19H24FN3O3/c20-15-3-5-16(6-4-15)23(12-9-17(21)24)19(26)14-7-10-22(11-8-14)18(25)13-1-2-13/h3-6,13-14H,1-2,7-12H2,(H2,21,24). The molecule has 0 spiro atoms. The Morgan fingerprint density at radius 1 is 1.04 bits per heavy atom. The highest BCUT2D eigenvalue weighted by atomic mass is 19.1. The second kappa shape index (κ2) is 7.85. The molecule has 7 heteroatoms. The topological polar surface area (TPSA) is 83.7 Å². The molecule has 2 N–H and O–H groups in total. The summed E-state index contributed by atoms with van der Waals surface area (Å²) >= 11 is 0. The summed E-state index contributed by atoms with van der Waals surface area (Å²) in [7, 11) is 0. The van der Waals surface area contributed by atoms with Crippen LogP contribution in [0.3, 0.4) is 0 Å². The van der Waals surface area contributed by atoms with Crippen LogP contribution in [-0.4, -0.2) is 42.3 Å². The van der Waals surface area contributed by atoms with Crippen LogP contribution in [0.4, 0.5) is 10.1 Å². The van der Waals surface area contributed by atoms with E-state index in [0.717, 1.165) is 12.8 Å². The number of piperidine rings is 1. The molecule has 1 saturated carbocycles. The summed E-state index contributed by atoms with van der Waals surface area (Å²) in [5, 5.41) is 0. The van der Waals surface area contributed by atoms with Gasteiger partial charge in [0.1, 0.15) is 5.82 Å². The summed E-state index contributed by atoms with van der Waals surface area (Å²) in [5.74, 6) is -0.793. The molecule has 1 saturated heterocycles. The number of amides is 3. The Kier molecular flexibility index (Phi) is 5.54. The Balaban J connectivity index is 1.65. The monoisotopic (exact) mass is 361 g/mol. The van der Waals surface area contributed by atoms with E-state index >= 15 is 0 Å². The molecule has 3 rings (SSSR count). The third kappa shape index (κ3) is 4.39. The number of likely N-dealkylation sites (tertiary alicyclic amines) is 1. The number of hydrogen-bond donors (Lipinski definition) is 1. The fraction of sp³-hybridized carbons (Fsp3) is 0.526. The van der Waals surface area contributed by atoms with Crippen LogP contribution in [0.2, 0.25) is 0 Å². The van der Waals surface area contributed by atoms with E-state index in [-0.39, 0.29) is 42.4 Å². The molecule has 0 unspecified atom stereocenters. The van der Waals surface area contributed by atoms with Gasteiger partial charge in [0.05, 0.1) is 0 Å². The fourth-order valence-electron chi connectivity index (χ4n) is 3.37. The first kappa shape index (κ1) is 18.4. The lowest BCUT2D eigenvalue weighted by molar-refractivity contribution is -0.136. The third-order valence-corrected chi connectivity index (χ3v) is 5.07. The van der Waals surface area contributed by atoms with Crippen molar-refractivity contribution in [3.63, 3.8) is 0 Å². The van der Waals surface area contributed by atoms with Crippen molar-refractivity contribution < 1.29 is 18.8 Å². The summed E-state index contributed by atoms with van der Waals surface area (Å²) in [6.07, 6.45) is 3.20. The van der Waals surface area contributed by atoms with E-state index in [1.165, 1.54) is 29.2 Å². The average molecular weight is 361 g/mol. The molecule has 1 aliphatic carbocycles. The van der Waals surface area contributed by atoms with Gasteiger partial charge in [0.25, 0.3) is 0 Å². The number of halogens is 1. The van der Waals surface area contributed by atoms with Crippen LogP contribution in [0.5, 0.6) is 0 Å². The van der Waals surface area contributed by atoms with Crippen LogP contribution >= 0.6 is 0 Å². The highest BCUT2D eigenvalue weighted by Crippen LogP contribution is 2.33. The number of nitrogens with two attached hydrogens (primary N) is 1. The van der Waals surface area contributed by atoms with Crippen molar-refractivity contribution in [2.24, 2.45) is 17.6 Å². The van der Waals surface area contributed by atoms with Crippen LogP contribution < -0.4 is 10.6 Å². The average Bonchev–Trinajstić information content (AvgIpc) is 3.47. The van der Waals surface area contributed by atoms with E-state index in [0.29, 0.717) is 31.6 Å². The van der Waals surface area contributed by atoms with Crippen molar-refractivity contribution in [3.05, 3.63) is 30.1 Å². The molecule has 2 aliphatic rings. The second-order valence-electron chi connectivity index (χ2n) is 7.06. The van der Waals surface area contributed by atoms with Crippen LogP contribution in [0.1, 0.15) is 32.1 Å². The largest absolute Gasteiger partial charge is 0.370 e. The summed E-state index contributed by atoms with van der Waals surface area (Å²) in [4.78, 5) is 39.7. The maximum absolute atomic E-state index is 13.2. The molecule has 0 aromatic heterocycles. The Morgan fingerprint density at radius 3 is 2.19 bits per heavy atom. The van der Waals surface area contributed by atoms with Crippen molar-refractivity contribution in [2.45, 2.75) is 32.1 Å². The zero-order chi connectivity index (χ0) is 18.7. The normalized spacial score (nSPS) is 17.8. The van der Waals surface area contributed by atoms with Gasteiger partial charge in [-0.3, -0.25) is 14.4 Å². The molecule has 1 aromatic rings. The quantitative estimate of drug-likeness (QED) is 0.837. The number of carbonyl (C=O) groups is 3. The van der Waals surface area contributed by atoms with Gasteiger partial charge in [-0.1, -0.05) is 0 Å². The van der Waals surface area contributed by atoms with Crippen LogP contribution in [0.25, 0.3) is 0 Å². The Bertz CT molecular complexity index is 680. The maximum Gasteiger partial charge on any atom is 0.230 e. The van der Waals surface area contributed by atoms with E-state index in [9.17, 15) is 18.8 Å². The highest BCUT2D eigenvalue weighted by Gasteiger charge is 2.36. The van der Waals surface area contributed by atoms with Gasteiger partial charge in [0.15, 0.2) is 0 Å². The van der Waals surface area contributed by atoms with Crippen molar-refractivity contribution >= 4 is 23.4 Å². The molecule has 1 heterocycles. The lowest BCUT2D eigenvalue weighted by atomic mass is 9.94. The summed E-state index contributed by atoms with van der Waals surface area (Å²) in [5.41, 5.74) is 5.78. The zero-order valence-electron chi connectivity index (χ0n) is 14.7. The molecule has 0 radical (unpaired) electrons. The van der Waals surface area contributed by atoms with E-state index in [1.807, 2.05) is 4.90 Å². The molecule has 3 amide bonds. The number of hydrogen-bond acceptors (Lipinski definition) is 3. The molecule has 140 valence electrons. The van der Waals surface area contributed by atoms with E-state index in [2.05, 4.69) is 0 Å². The Labute approximate surface area is 152 Å². The molecule has 0 atom stereocenters. The third-order valence-electron chi connectivity index (χ3n) is 5.07.